The fourth-order valence-corrected chi connectivity index (χ4v) is 3.47. The van der Waals surface area contributed by atoms with Gasteiger partial charge in [-0.05, 0) is 53.8 Å². The third-order valence-electron chi connectivity index (χ3n) is 4.24. The summed E-state index contributed by atoms with van der Waals surface area (Å²) in [5.41, 5.74) is 3.35. The number of rotatable bonds is 7. The number of aryl methyl sites for hydroxylation is 1. The van der Waals surface area contributed by atoms with Crippen LogP contribution in [0, 0.1) is 12.8 Å². The van der Waals surface area contributed by atoms with Gasteiger partial charge in [-0.1, -0.05) is 47.9 Å². The maximum absolute atomic E-state index is 7.00. The Hall–Kier alpha value is -2.38. The number of nitrogens with zero attached hydrogens (tertiary/aromatic N) is 1. The van der Waals surface area contributed by atoms with Crippen molar-refractivity contribution in [3.05, 3.63) is 82.3 Å². The molecule has 166 valence electrons. The number of halogens is 1. The zero-order valence-corrected chi connectivity index (χ0v) is 19.6. The lowest BCUT2D eigenvalue weighted by Crippen LogP contribution is -2.24. The largest absolute Gasteiger partial charge is 0.493 e. The molecule has 0 aliphatic rings. The van der Waals surface area contributed by atoms with Gasteiger partial charge in [0.05, 0.1) is 17.5 Å². The second-order valence-electron chi connectivity index (χ2n) is 6.96. The van der Waals surface area contributed by atoms with Crippen LogP contribution in [0.5, 0.6) is 5.75 Å². The van der Waals surface area contributed by atoms with Crippen LogP contribution in [0.3, 0.4) is 0 Å². The van der Waals surface area contributed by atoms with Crippen LogP contribution >= 0.6 is 22.9 Å². The van der Waals surface area contributed by atoms with Crippen molar-refractivity contribution < 1.29 is 14.4 Å². The van der Waals surface area contributed by atoms with Gasteiger partial charge in [-0.3, -0.25) is 0 Å². The molecule has 7 heteroatoms. The molecule has 0 radical (unpaired) electrons. The second kappa shape index (κ2) is 13.8. The molecule has 4 aromatic rings. The lowest BCUT2D eigenvalue weighted by atomic mass is 10.2. The Labute approximate surface area is 192 Å². The molecule has 2 aromatic carbocycles. The van der Waals surface area contributed by atoms with Crippen molar-refractivity contribution in [3.63, 3.8) is 0 Å². The van der Waals surface area contributed by atoms with Crippen LogP contribution in [0.1, 0.15) is 18.1 Å². The smallest absolute Gasteiger partial charge is 0.177 e. The number of thiophene rings is 1. The Bertz CT molecular complexity index is 950. The molecule has 5 nitrogen and oxygen atoms in total. The highest BCUT2D eigenvalue weighted by Crippen LogP contribution is 2.18. The van der Waals surface area contributed by atoms with E-state index in [-0.39, 0.29) is 0 Å². The minimum Gasteiger partial charge on any atom is -0.493 e. The second-order valence-corrected chi connectivity index (χ2v) is 8.35. The molecule has 1 atom stereocenters. The fourth-order valence-electron chi connectivity index (χ4n) is 2.68. The Morgan fingerprint density at radius 1 is 1.16 bits per heavy atom. The number of aliphatic hydroxyl groups is 1. The summed E-state index contributed by atoms with van der Waals surface area (Å²) >= 11 is 7.51. The van der Waals surface area contributed by atoms with E-state index in [1.54, 1.807) is 17.5 Å². The standard InChI is InChI=1S/C18H22ClNO.C5H3NOS.CH4O/c1-14-4-3-5-18(10-14)21-13-15(2)11-20-12-16-6-8-17(19)9-7-16;1-2-8-5-3-6-7-4(1)5;1-2/h3-10,15,20H,11-13H2,1-2H3;1-3H;2H,1H3. The number of benzene rings is 2. The summed E-state index contributed by atoms with van der Waals surface area (Å²) in [6.07, 6.45) is 1.72. The Balaban J connectivity index is 0.000000280. The molecule has 2 heterocycles. The van der Waals surface area contributed by atoms with Crippen molar-refractivity contribution in [1.82, 2.24) is 10.5 Å². The van der Waals surface area contributed by atoms with Gasteiger partial charge in [0.1, 0.15) is 5.75 Å². The van der Waals surface area contributed by atoms with Gasteiger partial charge in [-0.25, -0.2) is 0 Å². The van der Waals surface area contributed by atoms with Crippen LogP contribution in [0.25, 0.3) is 10.3 Å². The zero-order chi connectivity index (χ0) is 22.5. The van der Waals surface area contributed by atoms with Crippen molar-refractivity contribution in [3.8, 4) is 5.75 Å². The third-order valence-corrected chi connectivity index (χ3v) is 5.32. The first kappa shape index (κ1) is 24.9. The van der Waals surface area contributed by atoms with E-state index < -0.39 is 0 Å². The molecule has 0 amide bonds. The van der Waals surface area contributed by atoms with Crippen LogP contribution < -0.4 is 10.1 Å². The van der Waals surface area contributed by atoms with E-state index in [4.69, 9.17) is 26.0 Å². The molecular weight excluding hydrogens is 432 g/mol. The summed E-state index contributed by atoms with van der Waals surface area (Å²) in [7, 11) is 1.00. The topological polar surface area (TPSA) is 67.5 Å². The van der Waals surface area contributed by atoms with Gasteiger partial charge in [0.2, 0.25) is 0 Å². The number of hydrogen-bond donors (Lipinski definition) is 2. The fraction of sp³-hybridized carbons (Fsp3) is 0.292. The molecule has 4 rings (SSSR count). The lowest BCUT2D eigenvalue weighted by molar-refractivity contribution is 0.255. The van der Waals surface area contributed by atoms with Gasteiger partial charge >= 0.3 is 0 Å². The highest BCUT2D eigenvalue weighted by atomic mass is 35.5. The van der Waals surface area contributed by atoms with Crippen molar-refractivity contribution in [1.29, 1.82) is 0 Å². The summed E-state index contributed by atoms with van der Waals surface area (Å²) in [6.45, 7) is 6.76. The summed E-state index contributed by atoms with van der Waals surface area (Å²) in [6, 6.07) is 18.0. The molecular formula is C24H29ClN2O3S. The highest BCUT2D eigenvalue weighted by molar-refractivity contribution is 7.17. The minimum absolute atomic E-state index is 0.456. The summed E-state index contributed by atoms with van der Waals surface area (Å²) < 4.78 is 11.7. The van der Waals surface area contributed by atoms with Gasteiger partial charge in [0.15, 0.2) is 5.58 Å². The molecule has 0 aliphatic heterocycles. The maximum atomic E-state index is 7.00. The summed E-state index contributed by atoms with van der Waals surface area (Å²) in [5.74, 6) is 1.40. The molecule has 1 unspecified atom stereocenters. The summed E-state index contributed by atoms with van der Waals surface area (Å²) in [5, 5.41) is 16.8. The van der Waals surface area contributed by atoms with Crippen molar-refractivity contribution >= 4 is 33.2 Å². The van der Waals surface area contributed by atoms with Crippen LogP contribution in [0.15, 0.2) is 70.7 Å². The van der Waals surface area contributed by atoms with Crippen LogP contribution in [-0.4, -0.2) is 30.5 Å². The van der Waals surface area contributed by atoms with E-state index in [0.29, 0.717) is 5.92 Å². The summed E-state index contributed by atoms with van der Waals surface area (Å²) in [4.78, 5) is 0. The molecule has 0 saturated heterocycles. The first-order chi connectivity index (χ1) is 15.1. The number of nitrogens with one attached hydrogen (secondary N) is 1. The molecule has 2 N–H and O–H groups in total. The predicted octanol–water partition coefficient (Wildman–Crippen LogP) is 5.95. The van der Waals surface area contributed by atoms with E-state index in [9.17, 15) is 0 Å². The van der Waals surface area contributed by atoms with E-state index in [1.807, 2.05) is 47.8 Å². The van der Waals surface area contributed by atoms with Crippen molar-refractivity contribution in [2.75, 3.05) is 20.3 Å². The molecule has 31 heavy (non-hydrogen) atoms. The van der Waals surface area contributed by atoms with Gasteiger partial charge < -0.3 is 19.7 Å². The van der Waals surface area contributed by atoms with Crippen LogP contribution in [0.2, 0.25) is 5.02 Å². The average molecular weight is 461 g/mol. The Kier molecular flexibility index (Phi) is 11.1. The third kappa shape index (κ3) is 9.11. The number of ether oxygens (including phenoxy) is 1. The van der Waals surface area contributed by atoms with E-state index in [0.717, 1.165) is 47.9 Å². The number of aliphatic hydroxyl groups excluding tert-OH is 1. The quantitative estimate of drug-likeness (QED) is 0.356. The maximum Gasteiger partial charge on any atom is 0.177 e. The molecule has 0 saturated carbocycles. The zero-order valence-electron chi connectivity index (χ0n) is 18.0. The molecule has 0 fully saturated rings. The van der Waals surface area contributed by atoms with E-state index >= 15 is 0 Å². The monoisotopic (exact) mass is 460 g/mol. The Morgan fingerprint density at radius 3 is 2.65 bits per heavy atom. The van der Waals surface area contributed by atoms with Gasteiger partial charge in [0.25, 0.3) is 0 Å². The van der Waals surface area contributed by atoms with Crippen molar-refractivity contribution in [2.45, 2.75) is 20.4 Å². The molecule has 0 aliphatic carbocycles. The predicted molar refractivity (Wildman–Crippen MR) is 129 cm³/mol. The van der Waals surface area contributed by atoms with Gasteiger partial charge in [-0.2, -0.15) is 0 Å². The molecule has 0 bridgehead atoms. The molecule has 0 spiro atoms. The van der Waals surface area contributed by atoms with Crippen molar-refractivity contribution in [2.24, 2.45) is 5.92 Å². The van der Waals surface area contributed by atoms with Gasteiger partial charge in [0, 0.05) is 31.1 Å². The Morgan fingerprint density at radius 2 is 1.94 bits per heavy atom. The average Bonchev–Trinajstić information content (AvgIpc) is 3.41. The van der Waals surface area contributed by atoms with E-state index in [1.165, 1.54) is 11.1 Å². The number of fused-ring (bicyclic) bond motifs is 1. The van der Waals surface area contributed by atoms with E-state index in [2.05, 4.69) is 36.5 Å². The SMILES string of the molecule is CO.Cc1cccc(OCC(C)CNCc2ccc(Cl)cc2)c1.c1cc2oncc2s1. The molecule has 2 aromatic heterocycles. The lowest BCUT2D eigenvalue weighted by Gasteiger charge is -2.14. The first-order valence-corrected chi connectivity index (χ1v) is 11.2. The normalized spacial score (nSPS) is 11.1. The first-order valence-electron chi connectivity index (χ1n) is 9.97. The van der Waals surface area contributed by atoms with Gasteiger partial charge in [-0.15, -0.1) is 11.3 Å². The number of hydrogen-bond acceptors (Lipinski definition) is 6. The van der Waals surface area contributed by atoms with Crippen LogP contribution in [0.4, 0.5) is 0 Å². The van der Waals surface area contributed by atoms with Crippen LogP contribution in [-0.2, 0) is 6.54 Å². The minimum atomic E-state index is 0.456. The highest BCUT2D eigenvalue weighted by Gasteiger charge is 2.03. The number of aromatic nitrogens is 1.